The van der Waals surface area contributed by atoms with Crippen LogP contribution in [0.2, 0.25) is 0 Å². The zero-order valence-corrected chi connectivity index (χ0v) is 10.6. The molecule has 0 bridgehead atoms. The maximum absolute atomic E-state index is 5.53. The molecule has 1 aliphatic heterocycles. The van der Waals surface area contributed by atoms with Crippen LogP contribution < -0.4 is 5.73 Å². The first-order valence-electron chi connectivity index (χ1n) is 6.05. The Bertz CT molecular complexity index is 278. The molecule has 0 amide bonds. The second-order valence-electron chi connectivity index (χ2n) is 4.34. The Morgan fingerprint density at radius 1 is 1.19 bits per heavy atom. The van der Waals surface area contributed by atoms with E-state index in [9.17, 15) is 0 Å². The van der Waals surface area contributed by atoms with Crippen LogP contribution in [0.4, 0.5) is 0 Å². The van der Waals surface area contributed by atoms with Gasteiger partial charge in [-0.25, -0.2) is 0 Å². The molecule has 1 fully saturated rings. The van der Waals surface area contributed by atoms with E-state index in [-0.39, 0.29) is 0 Å². The lowest BCUT2D eigenvalue weighted by Crippen LogP contribution is -2.46. The molecule has 2 N–H and O–H groups in total. The summed E-state index contributed by atoms with van der Waals surface area (Å²) < 4.78 is 0. The van der Waals surface area contributed by atoms with Gasteiger partial charge in [-0.05, 0) is 31.0 Å². The number of hydrogen-bond acceptors (Lipinski definition) is 4. The van der Waals surface area contributed by atoms with Gasteiger partial charge in [0.15, 0.2) is 0 Å². The molecule has 16 heavy (non-hydrogen) atoms. The summed E-state index contributed by atoms with van der Waals surface area (Å²) in [6.45, 7) is 7.91. The van der Waals surface area contributed by atoms with Crippen molar-refractivity contribution < 1.29 is 0 Å². The SMILES string of the molecule is NCCCN1CCN(Cc2cccs2)CC1. The number of rotatable bonds is 5. The molecular formula is C12H21N3S. The molecule has 2 rings (SSSR count). The van der Waals surface area contributed by atoms with Crippen molar-refractivity contribution in [2.75, 3.05) is 39.3 Å². The van der Waals surface area contributed by atoms with E-state index in [0.29, 0.717) is 0 Å². The molecule has 2 heterocycles. The highest BCUT2D eigenvalue weighted by molar-refractivity contribution is 7.09. The van der Waals surface area contributed by atoms with Gasteiger partial charge in [0.1, 0.15) is 0 Å². The molecule has 0 saturated carbocycles. The van der Waals surface area contributed by atoms with Crippen molar-refractivity contribution >= 4 is 11.3 Å². The Labute approximate surface area is 102 Å². The van der Waals surface area contributed by atoms with Crippen molar-refractivity contribution in [3.8, 4) is 0 Å². The molecule has 0 aliphatic carbocycles. The fraction of sp³-hybridized carbons (Fsp3) is 0.667. The molecule has 4 heteroatoms. The number of thiophene rings is 1. The Balaban J connectivity index is 1.69. The van der Waals surface area contributed by atoms with Crippen molar-refractivity contribution in [1.29, 1.82) is 0 Å². The summed E-state index contributed by atoms with van der Waals surface area (Å²) in [6, 6.07) is 4.36. The predicted octanol–water partition coefficient (Wildman–Crippen LogP) is 1.21. The minimum absolute atomic E-state index is 0.815. The van der Waals surface area contributed by atoms with Crippen LogP contribution in [0.15, 0.2) is 17.5 Å². The van der Waals surface area contributed by atoms with Crippen molar-refractivity contribution in [2.45, 2.75) is 13.0 Å². The topological polar surface area (TPSA) is 32.5 Å². The average molecular weight is 239 g/mol. The first-order valence-corrected chi connectivity index (χ1v) is 6.93. The lowest BCUT2D eigenvalue weighted by Gasteiger charge is -2.34. The Hall–Kier alpha value is -0.420. The zero-order valence-electron chi connectivity index (χ0n) is 9.77. The molecule has 3 nitrogen and oxygen atoms in total. The van der Waals surface area contributed by atoms with Gasteiger partial charge in [0.2, 0.25) is 0 Å². The Morgan fingerprint density at radius 3 is 2.56 bits per heavy atom. The van der Waals surface area contributed by atoms with Crippen LogP contribution in [0.3, 0.4) is 0 Å². The van der Waals surface area contributed by atoms with Gasteiger partial charge >= 0.3 is 0 Å². The fourth-order valence-electron chi connectivity index (χ4n) is 2.11. The largest absolute Gasteiger partial charge is 0.330 e. The molecule has 0 unspecified atom stereocenters. The van der Waals surface area contributed by atoms with Crippen molar-refractivity contribution in [3.05, 3.63) is 22.4 Å². The zero-order chi connectivity index (χ0) is 11.2. The van der Waals surface area contributed by atoms with Crippen LogP contribution in [0.5, 0.6) is 0 Å². The summed E-state index contributed by atoms with van der Waals surface area (Å²) in [6.07, 6.45) is 1.13. The third-order valence-corrected chi connectivity index (χ3v) is 3.96. The van der Waals surface area contributed by atoms with Crippen molar-refractivity contribution in [3.63, 3.8) is 0 Å². The third kappa shape index (κ3) is 3.56. The van der Waals surface area contributed by atoms with Crippen molar-refractivity contribution in [1.82, 2.24) is 9.80 Å². The second kappa shape index (κ2) is 6.35. The van der Waals surface area contributed by atoms with Gasteiger partial charge in [-0.3, -0.25) is 4.90 Å². The summed E-state index contributed by atoms with van der Waals surface area (Å²) in [4.78, 5) is 6.55. The average Bonchev–Trinajstić information content (AvgIpc) is 2.81. The smallest absolute Gasteiger partial charge is 0.0328 e. The molecule has 0 aromatic carbocycles. The van der Waals surface area contributed by atoms with Crippen LogP contribution in [-0.4, -0.2) is 49.1 Å². The Kier molecular flexibility index (Phi) is 4.78. The molecule has 1 saturated heterocycles. The molecule has 1 aliphatic rings. The van der Waals surface area contributed by atoms with Gasteiger partial charge < -0.3 is 10.6 Å². The molecule has 90 valence electrons. The van der Waals surface area contributed by atoms with E-state index in [2.05, 4.69) is 27.3 Å². The van der Waals surface area contributed by atoms with E-state index < -0.39 is 0 Å². The summed E-state index contributed by atoms with van der Waals surface area (Å²) in [5.41, 5.74) is 5.53. The fourth-order valence-corrected chi connectivity index (χ4v) is 2.86. The van der Waals surface area contributed by atoms with E-state index in [0.717, 1.165) is 19.5 Å². The lowest BCUT2D eigenvalue weighted by molar-refractivity contribution is 0.127. The van der Waals surface area contributed by atoms with Crippen LogP contribution in [0.25, 0.3) is 0 Å². The predicted molar refractivity (Wildman–Crippen MR) is 69.7 cm³/mol. The first-order chi connectivity index (χ1) is 7.88. The molecule has 1 aromatic rings. The van der Waals surface area contributed by atoms with E-state index in [1.165, 1.54) is 37.6 Å². The van der Waals surface area contributed by atoms with E-state index in [1.807, 2.05) is 11.3 Å². The summed E-state index contributed by atoms with van der Waals surface area (Å²) >= 11 is 1.86. The molecule has 1 aromatic heterocycles. The second-order valence-corrected chi connectivity index (χ2v) is 5.37. The van der Waals surface area contributed by atoms with Gasteiger partial charge in [-0.1, -0.05) is 6.07 Å². The summed E-state index contributed by atoms with van der Waals surface area (Å²) in [5.74, 6) is 0. The number of nitrogens with two attached hydrogens (primary N) is 1. The summed E-state index contributed by atoms with van der Waals surface area (Å²) in [5, 5.41) is 2.16. The third-order valence-electron chi connectivity index (χ3n) is 3.10. The first kappa shape index (κ1) is 12.0. The van der Waals surface area contributed by atoms with Gasteiger partial charge in [-0.2, -0.15) is 0 Å². The highest BCUT2D eigenvalue weighted by Gasteiger charge is 2.16. The van der Waals surface area contributed by atoms with Crippen LogP contribution in [0.1, 0.15) is 11.3 Å². The molecule has 0 spiro atoms. The molecule has 0 atom stereocenters. The van der Waals surface area contributed by atoms with Crippen LogP contribution in [-0.2, 0) is 6.54 Å². The molecule has 0 radical (unpaired) electrons. The van der Waals surface area contributed by atoms with E-state index in [4.69, 9.17) is 5.73 Å². The highest BCUT2D eigenvalue weighted by atomic mass is 32.1. The monoisotopic (exact) mass is 239 g/mol. The van der Waals surface area contributed by atoms with Crippen LogP contribution in [0, 0.1) is 0 Å². The van der Waals surface area contributed by atoms with E-state index >= 15 is 0 Å². The maximum atomic E-state index is 5.53. The van der Waals surface area contributed by atoms with Gasteiger partial charge in [0, 0.05) is 37.6 Å². The minimum atomic E-state index is 0.815. The number of piperazine rings is 1. The van der Waals surface area contributed by atoms with E-state index in [1.54, 1.807) is 0 Å². The standard InChI is InChI=1S/C12H21N3S/c13-4-2-5-14-6-8-15(9-7-14)11-12-3-1-10-16-12/h1,3,10H,2,4-9,11,13H2. The molecular weight excluding hydrogens is 218 g/mol. The lowest BCUT2D eigenvalue weighted by atomic mass is 10.3. The summed E-state index contributed by atoms with van der Waals surface area (Å²) in [7, 11) is 0. The van der Waals surface area contributed by atoms with Gasteiger partial charge in [0.05, 0.1) is 0 Å². The van der Waals surface area contributed by atoms with Gasteiger partial charge in [-0.15, -0.1) is 11.3 Å². The number of hydrogen-bond donors (Lipinski definition) is 1. The van der Waals surface area contributed by atoms with Gasteiger partial charge in [0.25, 0.3) is 0 Å². The quantitative estimate of drug-likeness (QED) is 0.838. The number of nitrogens with zero attached hydrogens (tertiary/aromatic N) is 2. The Morgan fingerprint density at radius 2 is 1.94 bits per heavy atom. The van der Waals surface area contributed by atoms with Crippen LogP contribution >= 0.6 is 11.3 Å². The maximum Gasteiger partial charge on any atom is 0.0328 e. The normalized spacial score (nSPS) is 19.1. The highest BCUT2D eigenvalue weighted by Crippen LogP contribution is 2.13. The van der Waals surface area contributed by atoms with Crippen molar-refractivity contribution in [2.24, 2.45) is 5.73 Å². The minimum Gasteiger partial charge on any atom is -0.330 e.